The van der Waals surface area contributed by atoms with Crippen LogP contribution in [-0.4, -0.2) is 17.7 Å². The maximum Gasteiger partial charge on any atom is 0.0905 e. The Bertz CT molecular complexity index is 86.2. The van der Waals surface area contributed by atoms with Crippen LogP contribution < -0.4 is 0 Å². The minimum atomic E-state index is -0.180. The molecule has 68 valence electrons. The molecule has 0 heterocycles. The molecule has 0 saturated carbocycles. The van der Waals surface area contributed by atoms with Gasteiger partial charge in [-0.25, -0.2) is 0 Å². The Hall–Kier alpha value is 0.630. The third-order valence-corrected chi connectivity index (χ3v) is 4.70. The van der Waals surface area contributed by atoms with Gasteiger partial charge >= 0.3 is 0 Å². The second-order valence-corrected chi connectivity index (χ2v) is 5.66. The van der Waals surface area contributed by atoms with E-state index in [2.05, 4.69) is 20.8 Å². The van der Waals surface area contributed by atoms with Crippen LogP contribution in [0.15, 0.2) is 0 Å². The Morgan fingerprint density at radius 1 is 1.36 bits per heavy atom. The van der Waals surface area contributed by atoms with E-state index in [9.17, 15) is 4.39 Å². The number of hydrogen-bond acceptors (Lipinski definition) is 2. The summed E-state index contributed by atoms with van der Waals surface area (Å²) in [7, 11) is 3.67. The van der Waals surface area contributed by atoms with Crippen molar-refractivity contribution in [2.45, 2.75) is 32.4 Å². The monoisotopic (exact) mass is 196 g/mol. The average molecular weight is 196 g/mol. The van der Waals surface area contributed by atoms with E-state index in [0.717, 1.165) is 5.75 Å². The van der Waals surface area contributed by atoms with Crippen LogP contribution in [-0.2, 0) is 0 Å². The van der Waals surface area contributed by atoms with Crippen LogP contribution in [0.1, 0.15) is 27.2 Å². The summed E-state index contributed by atoms with van der Waals surface area (Å²) in [6, 6.07) is 0. The van der Waals surface area contributed by atoms with Gasteiger partial charge in [-0.05, 0) is 12.3 Å². The van der Waals surface area contributed by atoms with Gasteiger partial charge < -0.3 is 0 Å². The van der Waals surface area contributed by atoms with Crippen molar-refractivity contribution >= 4 is 21.6 Å². The Kier molecular flexibility index (Phi) is 7.71. The van der Waals surface area contributed by atoms with Crippen LogP contribution >= 0.6 is 21.6 Å². The van der Waals surface area contributed by atoms with Crippen LogP contribution in [0.3, 0.4) is 0 Å². The first-order valence-corrected chi connectivity index (χ1v) is 6.44. The summed E-state index contributed by atoms with van der Waals surface area (Å²) in [5, 5.41) is 0.491. The molecule has 0 fully saturated rings. The van der Waals surface area contributed by atoms with E-state index in [1.807, 2.05) is 21.6 Å². The molecule has 3 heteroatoms. The molecule has 0 bridgehead atoms. The summed E-state index contributed by atoms with van der Waals surface area (Å²) in [6.45, 7) is 6.26. The molecule has 0 aromatic rings. The summed E-state index contributed by atoms with van der Waals surface area (Å²) >= 11 is 0. The first kappa shape index (κ1) is 11.6. The first-order chi connectivity index (χ1) is 5.22. The molecule has 1 atom stereocenters. The molecule has 0 aliphatic carbocycles. The fourth-order valence-electron chi connectivity index (χ4n) is 0.756. The Labute approximate surface area is 77.1 Å². The van der Waals surface area contributed by atoms with Crippen molar-refractivity contribution < 1.29 is 4.39 Å². The maximum atomic E-state index is 12.0. The predicted octanol–water partition coefficient (Wildman–Crippen LogP) is 3.77. The van der Waals surface area contributed by atoms with E-state index in [0.29, 0.717) is 17.6 Å². The third kappa shape index (κ3) is 5.85. The fraction of sp³-hybridized carbons (Fsp3) is 1.00. The van der Waals surface area contributed by atoms with E-state index < -0.39 is 0 Å². The third-order valence-electron chi connectivity index (χ3n) is 1.45. The second-order valence-electron chi connectivity index (χ2n) is 2.76. The molecule has 0 nitrogen and oxygen atoms in total. The smallest absolute Gasteiger partial charge is 0.0905 e. The zero-order valence-corrected chi connectivity index (χ0v) is 9.10. The molecule has 0 rings (SSSR count). The van der Waals surface area contributed by atoms with Gasteiger partial charge in [0.1, 0.15) is 0 Å². The lowest BCUT2D eigenvalue weighted by Gasteiger charge is -2.17. The van der Waals surface area contributed by atoms with Gasteiger partial charge in [0, 0.05) is 11.0 Å². The maximum absolute atomic E-state index is 12.0. The van der Waals surface area contributed by atoms with E-state index >= 15 is 0 Å². The van der Waals surface area contributed by atoms with Gasteiger partial charge in [0.2, 0.25) is 0 Å². The summed E-state index contributed by atoms with van der Waals surface area (Å²) in [4.78, 5) is 0. The molecule has 0 unspecified atom stereocenters. The highest BCUT2D eigenvalue weighted by Gasteiger charge is 2.13. The van der Waals surface area contributed by atoms with Gasteiger partial charge in [-0.15, -0.1) is 0 Å². The highest BCUT2D eigenvalue weighted by molar-refractivity contribution is 8.76. The molecule has 11 heavy (non-hydrogen) atoms. The molecule has 0 spiro atoms. The van der Waals surface area contributed by atoms with Crippen molar-refractivity contribution in [1.29, 1.82) is 0 Å². The van der Waals surface area contributed by atoms with Crippen molar-refractivity contribution in [2.24, 2.45) is 5.92 Å². The lowest BCUT2D eigenvalue weighted by molar-refractivity contribution is 0.438. The van der Waals surface area contributed by atoms with Crippen LogP contribution in [0.2, 0.25) is 0 Å². The van der Waals surface area contributed by atoms with Gasteiger partial charge in [-0.2, -0.15) is 0 Å². The van der Waals surface area contributed by atoms with Crippen molar-refractivity contribution in [3.63, 3.8) is 0 Å². The highest BCUT2D eigenvalue weighted by Crippen LogP contribution is 2.32. The highest BCUT2D eigenvalue weighted by atomic mass is 33.1. The molecule has 0 radical (unpaired) electrons. The lowest BCUT2D eigenvalue weighted by Crippen LogP contribution is -2.10. The molecule has 0 aliphatic rings. The van der Waals surface area contributed by atoms with Crippen LogP contribution in [0, 0.1) is 5.92 Å². The Morgan fingerprint density at radius 3 is 2.36 bits per heavy atom. The van der Waals surface area contributed by atoms with Gasteiger partial charge in [0.05, 0.1) is 6.67 Å². The number of hydrogen-bond donors (Lipinski definition) is 0. The molecule has 0 aromatic carbocycles. The van der Waals surface area contributed by atoms with Crippen LogP contribution in [0.4, 0.5) is 4.39 Å². The molecular formula is C8H17FS2. The van der Waals surface area contributed by atoms with Gasteiger partial charge in [0.15, 0.2) is 0 Å². The fourth-order valence-corrected chi connectivity index (χ4v) is 3.36. The van der Waals surface area contributed by atoms with Crippen molar-refractivity contribution in [3.05, 3.63) is 0 Å². The molecule has 0 aromatic heterocycles. The molecular weight excluding hydrogens is 179 g/mol. The Morgan fingerprint density at radius 2 is 2.00 bits per heavy atom. The number of rotatable bonds is 6. The summed E-state index contributed by atoms with van der Waals surface area (Å²) < 4.78 is 12.0. The normalized spacial score (nSPS) is 13.9. The van der Waals surface area contributed by atoms with Crippen molar-refractivity contribution in [1.82, 2.24) is 0 Å². The summed E-state index contributed by atoms with van der Waals surface area (Å²) in [5.41, 5.74) is 0. The SMILES string of the molecule is CCSS[C@H](CCF)C(C)C. The van der Waals surface area contributed by atoms with E-state index in [4.69, 9.17) is 0 Å². The van der Waals surface area contributed by atoms with Crippen LogP contribution in [0.25, 0.3) is 0 Å². The number of alkyl halides is 1. The van der Waals surface area contributed by atoms with E-state index in [-0.39, 0.29) is 6.67 Å². The second kappa shape index (κ2) is 7.29. The van der Waals surface area contributed by atoms with Crippen molar-refractivity contribution in [2.75, 3.05) is 12.4 Å². The van der Waals surface area contributed by atoms with Gasteiger partial charge in [0.25, 0.3) is 0 Å². The summed E-state index contributed by atoms with van der Waals surface area (Å²) in [6.07, 6.45) is 0.704. The summed E-state index contributed by atoms with van der Waals surface area (Å²) in [5.74, 6) is 1.70. The zero-order valence-electron chi connectivity index (χ0n) is 7.47. The lowest BCUT2D eigenvalue weighted by atomic mass is 10.1. The zero-order chi connectivity index (χ0) is 8.69. The van der Waals surface area contributed by atoms with E-state index in [1.165, 1.54) is 0 Å². The topological polar surface area (TPSA) is 0 Å². The quantitative estimate of drug-likeness (QED) is 0.593. The molecule has 0 N–H and O–H groups in total. The minimum Gasteiger partial charge on any atom is -0.251 e. The van der Waals surface area contributed by atoms with E-state index in [1.54, 1.807) is 0 Å². The van der Waals surface area contributed by atoms with Gasteiger partial charge in [-0.1, -0.05) is 42.4 Å². The molecule has 0 amide bonds. The minimum absolute atomic E-state index is 0.180. The largest absolute Gasteiger partial charge is 0.251 e. The first-order valence-electron chi connectivity index (χ1n) is 4.06. The van der Waals surface area contributed by atoms with Gasteiger partial charge in [-0.3, -0.25) is 4.39 Å². The standard InChI is InChI=1S/C8H17FS2/c1-4-10-11-8(5-6-9)7(2)3/h7-8H,4-6H2,1-3H3/t8-/m1/s1. The predicted molar refractivity (Wildman–Crippen MR) is 54.9 cm³/mol. The average Bonchev–Trinajstić information content (AvgIpc) is 1.97. The molecule has 0 saturated heterocycles. The molecule has 0 aliphatic heterocycles. The van der Waals surface area contributed by atoms with Crippen molar-refractivity contribution in [3.8, 4) is 0 Å². The van der Waals surface area contributed by atoms with Crippen LogP contribution in [0.5, 0.6) is 0 Å². The number of halogens is 1. The Balaban J connectivity index is 3.51.